The first-order chi connectivity index (χ1) is 8.27. The molecule has 1 fully saturated rings. The van der Waals surface area contributed by atoms with Gasteiger partial charge in [0.05, 0.1) is 18.3 Å². The molecule has 1 saturated heterocycles. The van der Waals surface area contributed by atoms with E-state index in [1.165, 1.54) is 12.1 Å². The highest BCUT2D eigenvalue weighted by Crippen LogP contribution is 2.06. The summed E-state index contributed by atoms with van der Waals surface area (Å²) < 4.78 is 18.7. The summed E-state index contributed by atoms with van der Waals surface area (Å²) in [5.41, 5.74) is 0.0660. The lowest BCUT2D eigenvalue weighted by atomic mass is 10.2. The van der Waals surface area contributed by atoms with E-state index in [0.717, 1.165) is 6.54 Å². The molecular formula is C12H15FN2O2. The maximum absolute atomic E-state index is 13.3. The van der Waals surface area contributed by atoms with Gasteiger partial charge in [-0.3, -0.25) is 4.79 Å². The first-order valence-corrected chi connectivity index (χ1v) is 5.62. The zero-order valence-corrected chi connectivity index (χ0v) is 9.41. The lowest BCUT2D eigenvalue weighted by molar-refractivity contribution is 0.0287. The van der Waals surface area contributed by atoms with Crippen LogP contribution < -0.4 is 10.6 Å². The van der Waals surface area contributed by atoms with Gasteiger partial charge in [-0.05, 0) is 12.1 Å². The Balaban J connectivity index is 1.87. The number of carbonyl (C=O) groups excluding carboxylic acids is 1. The smallest absolute Gasteiger partial charge is 0.254 e. The maximum atomic E-state index is 13.3. The minimum atomic E-state index is -0.507. The van der Waals surface area contributed by atoms with Crippen LogP contribution in [0.3, 0.4) is 0 Å². The van der Waals surface area contributed by atoms with E-state index in [0.29, 0.717) is 19.7 Å². The monoisotopic (exact) mass is 238 g/mol. The van der Waals surface area contributed by atoms with Crippen molar-refractivity contribution in [2.45, 2.75) is 6.10 Å². The zero-order valence-electron chi connectivity index (χ0n) is 9.41. The van der Waals surface area contributed by atoms with Gasteiger partial charge in [-0.2, -0.15) is 0 Å². The van der Waals surface area contributed by atoms with Gasteiger partial charge < -0.3 is 15.4 Å². The van der Waals surface area contributed by atoms with Crippen molar-refractivity contribution in [2.75, 3.05) is 26.2 Å². The molecule has 0 saturated carbocycles. The second-order valence-electron chi connectivity index (χ2n) is 3.89. The Morgan fingerprint density at radius 3 is 3.06 bits per heavy atom. The van der Waals surface area contributed by atoms with Crippen molar-refractivity contribution >= 4 is 5.91 Å². The van der Waals surface area contributed by atoms with Crippen LogP contribution in [-0.2, 0) is 4.74 Å². The lowest BCUT2D eigenvalue weighted by Gasteiger charge is -2.23. The average molecular weight is 238 g/mol. The Hall–Kier alpha value is -1.46. The summed E-state index contributed by atoms with van der Waals surface area (Å²) >= 11 is 0. The molecule has 1 heterocycles. The number of rotatable bonds is 3. The third kappa shape index (κ3) is 3.25. The van der Waals surface area contributed by atoms with Crippen LogP contribution in [0.4, 0.5) is 4.39 Å². The van der Waals surface area contributed by atoms with Gasteiger partial charge >= 0.3 is 0 Å². The molecule has 0 radical (unpaired) electrons. The molecule has 1 aliphatic rings. The number of hydrogen-bond acceptors (Lipinski definition) is 3. The van der Waals surface area contributed by atoms with Crippen LogP contribution in [-0.4, -0.2) is 38.3 Å². The van der Waals surface area contributed by atoms with Gasteiger partial charge in [-0.25, -0.2) is 4.39 Å². The van der Waals surface area contributed by atoms with E-state index >= 15 is 0 Å². The summed E-state index contributed by atoms with van der Waals surface area (Å²) in [6.07, 6.45) is -0.0422. The van der Waals surface area contributed by atoms with E-state index in [2.05, 4.69) is 10.6 Å². The molecule has 0 bridgehead atoms. The fourth-order valence-electron chi connectivity index (χ4n) is 1.70. The van der Waals surface area contributed by atoms with Crippen molar-refractivity contribution in [1.82, 2.24) is 10.6 Å². The van der Waals surface area contributed by atoms with Crippen LogP contribution in [0.2, 0.25) is 0 Å². The Kier molecular flexibility index (Phi) is 4.06. The largest absolute Gasteiger partial charge is 0.374 e. The molecule has 1 amide bonds. The number of benzene rings is 1. The molecule has 5 heteroatoms. The predicted octanol–water partition coefficient (Wildman–Crippen LogP) is 0.544. The molecule has 2 rings (SSSR count). The Bertz CT molecular complexity index is 392. The normalized spacial score (nSPS) is 19.9. The standard InChI is InChI=1S/C12H15FN2O2/c13-11-4-2-1-3-10(11)12(16)15-8-9-7-14-5-6-17-9/h1-4,9,14H,5-8H2,(H,15,16). The molecule has 1 aliphatic heterocycles. The van der Waals surface area contributed by atoms with Gasteiger partial charge in [0, 0.05) is 19.6 Å². The Morgan fingerprint density at radius 2 is 2.35 bits per heavy atom. The van der Waals surface area contributed by atoms with Gasteiger partial charge in [0.15, 0.2) is 0 Å². The second kappa shape index (κ2) is 5.75. The molecule has 1 unspecified atom stereocenters. The molecule has 0 spiro atoms. The Labute approximate surface area is 99.2 Å². The summed E-state index contributed by atoms with van der Waals surface area (Å²) in [6, 6.07) is 5.93. The lowest BCUT2D eigenvalue weighted by Crippen LogP contribution is -2.45. The fraction of sp³-hybridized carbons (Fsp3) is 0.417. The first kappa shape index (κ1) is 12.0. The first-order valence-electron chi connectivity index (χ1n) is 5.62. The number of morpholine rings is 1. The quantitative estimate of drug-likeness (QED) is 0.808. The van der Waals surface area contributed by atoms with Crippen LogP contribution in [0.25, 0.3) is 0 Å². The minimum absolute atomic E-state index is 0.0422. The van der Waals surface area contributed by atoms with Gasteiger partial charge in [-0.1, -0.05) is 12.1 Å². The summed E-state index contributed by atoms with van der Waals surface area (Å²) in [7, 11) is 0. The maximum Gasteiger partial charge on any atom is 0.254 e. The third-order valence-corrected chi connectivity index (χ3v) is 2.61. The van der Waals surface area contributed by atoms with Crippen molar-refractivity contribution in [3.8, 4) is 0 Å². The van der Waals surface area contributed by atoms with Crippen molar-refractivity contribution in [3.05, 3.63) is 35.6 Å². The molecule has 2 N–H and O–H groups in total. The van der Waals surface area contributed by atoms with E-state index in [4.69, 9.17) is 4.74 Å². The van der Waals surface area contributed by atoms with E-state index in [1.807, 2.05) is 0 Å². The average Bonchev–Trinajstić information content (AvgIpc) is 2.38. The van der Waals surface area contributed by atoms with Gasteiger partial charge in [0.25, 0.3) is 5.91 Å². The van der Waals surface area contributed by atoms with Crippen LogP contribution in [0.1, 0.15) is 10.4 Å². The molecule has 92 valence electrons. The summed E-state index contributed by atoms with van der Waals surface area (Å²) in [4.78, 5) is 11.7. The number of amides is 1. The van der Waals surface area contributed by atoms with Crippen molar-refractivity contribution in [3.63, 3.8) is 0 Å². The van der Waals surface area contributed by atoms with Crippen LogP contribution in [0.15, 0.2) is 24.3 Å². The second-order valence-corrected chi connectivity index (χ2v) is 3.89. The molecular weight excluding hydrogens is 223 g/mol. The molecule has 1 aromatic rings. The molecule has 0 aromatic heterocycles. The SMILES string of the molecule is O=C(NCC1CNCCO1)c1ccccc1F. The fourth-order valence-corrected chi connectivity index (χ4v) is 1.70. The highest BCUT2D eigenvalue weighted by atomic mass is 19.1. The molecule has 4 nitrogen and oxygen atoms in total. The molecule has 1 atom stereocenters. The Morgan fingerprint density at radius 1 is 1.53 bits per heavy atom. The van der Waals surface area contributed by atoms with Crippen LogP contribution in [0.5, 0.6) is 0 Å². The summed E-state index contributed by atoms with van der Waals surface area (Å²) in [6.45, 7) is 2.57. The summed E-state index contributed by atoms with van der Waals surface area (Å²) in [5, 5.41) is 5.82. The molecule has 17 heavy (non-hydrogen) atoms. The van der Waals surface area contributed by atoms with Crippen molar-refractivity contribution in [1.29, 1.82) is 0 Å². The van der Waals surface area contributed by atoms with Crippen LogP contribution in [0, 0.1) is 5.82 Å². The van der Waals surface area contributed by atoms with E-state index in [1.54, 1.807) is 12.1 Å². The molecule has 0 aliphatic carbocycles. The molecule has 1 aromatic carbocycles. The number of hydrogen-bond donors (Lipinski definition) is 2. The highest BCUT2D eigenvalue weighted by molar-refractivity contribution is 5.94. The van der Waals surface area contributed by atoms with E-state index in [9.17, 15) is 9.18 Å². The van der Waals surface area contributed by atoms with E-state index < -0.39 is 11.7 Å². The minimum Gasteiger partial charge on any atom is -0.374 e. The topological polar surface area (TPSA) is 50.4 Å². The van der Waals surface area contributed by atoms with Gasteiger partial charge in [0.1, 0.15) is 5.82 Å². The van der Waals surface area contributed by atoms with Gasteiger partial charge in [0.2, 0.25) is 0 Å². The third-order valence-electron chi connectivity index (χ3n) is 2.61. The van der Waals surface area contributed by atoms with Crippen LogP contribution >= 0.6 is 0 Å². The number of carbonyl (C=O) groups is 1. The van der Waals surface area contributed by atoms with E-state index in [-0.39, 0.29) is 11.7 Å². The van der Waals surface area contributed by atoms with Crippen molar-refractivity contribution < 1.29 is 13.9 Å². The highest BCUT2D eigenvalue weighted by Gasteiger charge is 2.16. The number of halogens is 1. The van der Waals surface area contributed by atoms with Crippen molar-refractivity contribution in [2.24, 2.45) is 0 Å². The zero-order chi connectivity index (χ0) is 12.1. The van der Waals surface area contributed by atoms with Gasteiger partial charge in [-0.15, -0.1) is 0 Å². The predicted molar refractivity (Wildman–Crippen MR) is 61.3 cm³/mol. The number of nitrogens with one attached hydrogen (secondary N) is 2. The number of ether oxygens (including phenoxy) is 1. The summed E-state index contributed by atoms with van der Waals surface area (Å²) in [5.74, 6) is -0.912.